The SMILES string of the molecule is Cn1ccc(C(=O)Nc2cccc(NC(=O)c3cc(-c4ccc(Cl)c(Cl)c4)n[nH]3)c2)n1. The third-order valence-corrected chi connectivity index (χ3v) is 5.10. The first kappa shape index (κ1) is 20.6. The molecular weight excluding hydrogens is 439 g/mol. The van der Waals surface area contributed by atoms with Gasteiger partial charge in [0.05, 0.1) is 15.7 Å². The van der Waals surface area contributed by atoms with Gasteiger partial charge in [-0.1, -0.05) is 35.3 Å². The Hall–Kier alpha value is -3.62. The van der Waals surface area contributed by atoms with Crippen molar-refractivity contribution in [1.82, 2.24) is 20.0 Å². The zero-order valence-electron chi connectivity index (χ0n) is 16.2. The van der Waals surface area contributed by atoms with Gasteiger partial charge in [0, 0.05) is 30.2 Å². The molecule has 4 aromatic rings. The second kappa shape index (κ2) is 8.63. The summed E-state index contributed by atoms with van der Waals surface area (Å²) in [7, 11) is 1.73. The fourth-order valence-corrected chi connectivity index (χ4v) is 3.14. The average Bonchev–Trinajstić information content (AvgIpc) is 3.40. The summed E-state index contributed by atoms with van der Waals surface area (Å²) in [6.45, 7) is 0. The third kappa shape index (κ3) is 4.76. The Morgan fingerprint density at radius 1 is 0.935 bits per heavy atom. The lowest BCUT2D eigenvalue weighted by molar-refractivity contribution is 0.101. The maximum absolute atomic E-state index is 12.6. The summed E-state index contributed by atoms with van der Waals surface area (Å²) in [5.41, 5.74) is 2.88. The van der Waals surface area contributed by atoms with Crippen molar-refractivity contribution in [2.45, 2.75) is 0 Å². The molecule has 2 aromatic carbocycles. The first-order valence-corrected chi connectivity index (χ1v) is 9.88. The lowest BCUT2D eigenvalue weighted by Crippen LogP contribution is -2.14. The van der Waals surface area contributed by atoms with E-state index in [0.29, 0.717) is 32.8 Å². The number of nitrogens with one attached hydrogen (secondary N) is 3. The van der Waals surface area contributed by atoms with Crippen LogP contribution in [0.15, 0.2) is 60.8 Å². The molecule has 3 N–H and O–H groups in total. The second-order valence-corrected chi connectivity index (χ2v) is 7.47. The fourth-order valence-electron chi connectivity index (χ4n) is 2.85. The summed E-state index contributed by atoms with van der Waals surface area (Å²) in [6, 6.07) is 15.1. The van der Waals surface area contributed by atoms with Crippen molar-refractivity contribution in [2.75, 3.05) is 10.6 Å². The molecule has 0 radical (unpaired) electrons. The predicted molar refractivity (Wildman–Crippen MR) is 120 cm³/mol. The van der Waals surface area contributed by atoms with Crippen molar-refractivity contribution < 1.29 is 9.59 Å². The van der Waals surface area contributed by atoms with E-state index in [2.05, 4.69) is 25.9 Å². The van der Waals surface area contributed by atoms with Gasteiger partial charge in [-0.15, -0.1) is 0 Å². The lowest BCUT2D eigenvalue weighted by atomic mass is 10.1. The zero-order valence-corrected chi connectivity index (χ0v) is 17.7. The van der Waals surface area contributed by atoms with Gasteiger partial charge in [-0.25, -0.2) is 0 Å². The van der Waals surface area contributed by atoms with Crippen LogP contribution in [0.3, 0.4) is 0 Å². The normalized spacial score (nSPS) is 10.7. The van der Waals surface area contributed by atoms with E-state index in [1.54, 1.807) is 72.5 Å². The van der Waals surface area contributed by atoms with E-state index in [9.17, 15) is 9.59 Å². The minimum Gasteiger partial charge on any atom is -0.321 e. The van der Waals surface area contributed by atoms with Crippen LogP contribution in [0.4, 0.5) is 11.4 Å². The van der Waals surface area contributed by atoms with E-state index in [1.807, 2.05) is 0 Å². The second-order valence-electron chi connectivity index (χ2n) is 6.66. The third-order valence-electron chi connectivity index (χ3n) is 4.36. The molecule has 156 valence electrons. The smallest absolute Gasteiger partial charge is 0.276 e. The number of carbonyl (C=O) groups is 2. The molecule has 0 fully saturated rings. The number of nitrogens with zero attached hydrogens (tertiary/aromatic N) is 3. The number of rotatable bonds is 5. The van der Waals surface area contributed by atoms with Gasteiger partial charge in [0.25, 0.3) is 11.8 Å². The van der Waals surface area contributed by atoms with Crippen LogP contribution in [-0.4, -0.2) is 31.8 Å². The minimum absolute atomic E-state index is 0.268. The number of H-pyrrole nitrogens is 1. The highest BCUT2D eigenvalue weighted by molar-refractivity contribution is 6.42. The summed E-state index contributed by atoms with van der Waals surface area (Å²) in [6.07, 6.45) is 1.68. The molecule has 0 bridgehead atoms. The molecule has 31 heavy (non-hydrogen) atoms. The summed E-state index contributed by atoms with van der Waals surface area (Å²) in [5, 5.41) is 17.3. The average molecular weight is 455 g/mol. The molecule has 4 rings (SSSR count). The fraction of sp³-hybridized carbons (Fsp3) is 0.0476. The lowest BCUT2D eigenvalue weighted by Gasteiger charge is -2.07. The largest absolute Gasteiger partial charge is 0.321 e. The maximum atomic E-state index is 12.6. The van der Waals surface area contributed by atoms with Crippen molar-refractivity contribution >= 4 is 46.4 Å². The Balaban J connectivity index is 1.45. The highest BCUT2D eigenvalue weighted by Crippen LogP contribution is 2.28. The van der Waals surface area contributed by atoms with Crippen molar-refractivity contribution in [1.29, 1.82) is 0 Å². The van der Waals surface area contributed by atoms with Crippen molar-refractivity contribution in [2.24, 2.45) is 7.05 Å². The number of carbonyl (C=O) groups excluding carboxylic acids is 2. The molecule has 8 nitrogen and oxygen atoms in total. The van der Waals surface area contributed by atoms with Crippen LogP contribution in [0, 0.1) is 0 Å². The Morgan fingerprint density at radius 2 is 1.68 bits per heavy atom. The molecule has 0 spiro atoms. The first-order valence-electron chi connectivity index (χ1n) is 9.12. The molecule has 0 aliphatic rings. The first-order chi connectivity index (χ1) is 14.9. The van der Waals surface area contributed by atoms with Gasteiger partial charge >= 0.3 is 0 Å². The molecule has 0 unspecified atom stereocenters. The monoisotopic (exact) mass is 454 g/mol. The van der Waals surface area contributed by atoms with Crippen LogP contribution in [-0.2, 0) is 7.05 Å². The molecule has 0 aliphatic carbocycles. The standard InChI is InChI=1S/C21H16Cl2N6O2/c1-29-8-7-17(28-29)20(30)24-13-3-2-4-14(10-13)25-21(31)19-11-18(26-27-19)12-5-6-15(22)16(23)9-12/h2-11H,1H3,(H,24,30)(H,25,31)(H,26,27). The highest BCUT2D eigenvalue weighted by atomic mass is 35.5. The van der Waals surface area contributed by atoms with Crippen LogP contribution in [0.25, 0.3) is 11.3 Å². The molecule has 2 heterocycles. The van der Waals surface area contributed by atoms with Crippen LogP contribution in [0.5, 0.6) is 0 Å². The van der Waals surface area contributed by atoms with E-state index >= 15 is 0 Å². The van der Waals surface area contributed by atoms with Gasteiger partial charge in [-0.05, 0) is 42.5 Å². The van der Waals surface area contributed by atoms with Crippen LogP contribution < -0.4 is 10.6 Å². The molecule has 2 amide bonds. The summed E-state index contributed by atoms with van der Waals surface area (Å²) in [5.74, 6) is -0.726. The van der Waals surface area contributed by atoms with E-state index in [-0.39, 0.29) is 17.5 Å². The number of hydrogen-bond donors (Lipinski definition) is 3. The Labute approximate surface area is 187 Å². The molecule has 2 aromatic heterocycles. The van der Waals surface area contributed by atoms with Crippen LogP contribution in [0.2, 0.25) is 10.0 Å². The van der Waals surface area contributed by atoms with Gasteiger partial charge in [-0.3, -0.25) is 19.4 Å². The van der Waals surface area contributed by atoms with Gasteiger partial charge in [0.1, 0.15) is 5.69 Å². The predicted octanol–water partition coefficient (Wildman–Crippen LogP) is 4.62. The summed E-state index contributed by atoms with van der Waals surface area (Å²) in [4.78, 5) is 24.9. The minimum atomic E-state index is -0.382. The molecule has 0 saturated carbocycles. The number of aromatic amines is 1. The van der Waals surface area contributed by atoms with E-state index in [0.717, 1.165) is 5.56 Å². The van der Waals surface area contributed by atoms with Crippen molar-refractivity contribution in [3.8, 4) is 11.3 Å². The molecule has 0 aliphatic heterocycles. The number of halogens is 2. The van der Waals surface area contributed by atoms with Gasteiger partial charge in [-0.2, -0.15) is 10.2 Å². The quantitative estimate of drug-likeness (QED) is 0.408. The van der Waals surface area contributed by atoms with Crippen LogP contribution >= 0.6 is 23.2 Å². The molecule has 0 saturated heterocycles. The van der Waals surface area contributed by atoms with Gasteiger partial charge in [0.2, 0.25) is 0 Å². The Kier molecular flexibility index (Phi) is 5.75. The molecule has 10 heteroatoms. The van der Waals surface area contributed by atoms with Crippen molar-refractivity contribution in [3.05, 3.63) is 82.2 Å². The Morgan fingerprint density at radius 3 is 2.35 bits per heavy atom. The number of aromatic nitrogens is 4. The van der Waals surface area contributed by atoms with Crippen molar-refractivity contribution in [3.63, 3.8) is 0 Å². The topological polar surface area (TPSA) is 105 Å². The Bertz CT molecular complexity index is 1280. The van der Waals surface area contributed by atoms with E-state index in [4.69, 9.17) is 23.2 Å². The van der Waals surface area contributed by atoms with Gasteiger partial charge in [0.15, 0.2) is 5.69 Å². The van der Waals surface area contributed by atoms with E-state index in [1.165, 1.54) is 0 Å². The maximum Gasteiger partial charge on any atom is 0.276 e. The molecular formula is C21H16Cl2N6O2. The zero-order chi connectivity index (χ0) is 22.0. The van der Waals surface area contributed by atoms with Gasteiger partial charge < -0.3 is 10.6 Å². The number of hydrogen-bond acceptors (Lipinski definition) is 4. The number of benzene rings is 2. The summed E-state index contributed by atoms with van der Waals surface area (Å²) >= 11 is 12.0. The summed E-state index contributed by atoms with van der Waals surface area (Å²) < 4.78 is 1.54. The van der Waals surface area contributed by atoms with Crippen LogP contribution in [0.1, 0.15) is 21.0 Å². The number of anilines is 2. The van der Waals surface area contributed by atoms with E-state index < -0.39 is 0 Å². The highest BCUT2D eigenvalue weighted by Gasteiger charge is 2.13. The molecule has 0 atom stereocenters. The number of amides is 2. The number of aryl methyl sites for hydroxylation is 1.